The first kappa shape index (κ1) is 14.8. The van der Waals surface area contributed by atoms with Gasteiger partial charge in [0.1, 0.15) is 5.82 Å². The highest BCUT2D eigenvalue weighted by molar-refractivity contribution is 5.34. The number of hydrogen-bond acceptors (Lipinski definition) is 0. The first-order chi connectivity index (χ1) is 9.51. The average molecular weight is 270 g/mol. The fourth-order valence-electron chi connectivity index (χ4n) is 3.10. The fraction of sp³-hybridized carbons (Fsp3) is 0.368. The largest absolute Gasteiger partial charge is 0.207 e. The summed E-state index contributed by atoms with van der Waals surface area (Å²) >= 11 is 0. The predicted octanol–water partition coefficient (Wildman–Crippen LogP) is 5.74. The van der Waals surface area contributed by atoms with Crippen molar-refractivity contribution in [2.75, 3.05) is 0 Å². The molecule has 1 heteroatoms. The SMILES string of the molecule is CCC(c1cc(C)cc(C)c1)C(C)c1ccc(F)cc1. The normalized spacial score (nSPS) is 14.1. The van der Waals surface area contributed by atoms with Gasteiger partial charge in [0.05, 0.1) is 0 Å². The van der Waals surface area contributed by atoms with Crippen LogP contribution in [-0.4, -0.2) is 0 Å². The summed E-state index contributed by atoms with van der Waals surface area (Å²) in [6.07, 6.45) is 1.08. The van der Waals surface area contributed by atoms with Crippen molar-refractivity contribution in [3.05, 3.63) is 70.5 Å². The van der Waals surface area contributed by atoms with Gasteiger partial charge < -0.3 is 0 Å². The van der Waals surface area contributed by atoms with E-state index >= 15 is 0 Å². The molecule has 0 saturated heterocycles. The van der Waals surface area contributed by atoms with Gasteiger partial charge in [-0.25, -0.2) is 4.39 Å². The van der Waals surface area contributed by atoms with Crippen LogP contribution in [0.1, 0.15) is 54.4 Å². The summed E-state index contributed by atoms with van der Waals surface area (Å²) < 4.78 is 13.1. The minimum Gasteiger partial charge on any atom is -0.207 e. The van der Waals surface area contributed by atoms with E-state index in [4.69, 9.17) is 0 Å². The zero-order chi connectivity index (χ0) is 14.7. The molecule has 2 rings (SSSR count). The fourth-order valence-corrected chi connectivity index (χ4v) is 3.10. The van der Waals surface area contributed by atoms with Gasteiger partial charge in [-0.15, -0.1) is 0 Å². The maximum atomic E-state index is 13.1. The molecule has 0 aliphatic heterocycles. The highest BCUT2D eigenvalue weighted by Gasteiger charge is 2.19. The van der Waals surface area contributed by atoms with Gasteiger partial charge in [-0.2, -0.15) is 0 Å². The van der Waals surface area contributed by atoms with Crippen LogP contribution in [0, 0.1) is 19.7 Å². The standard InChI is InChI=1S/C19H23F/c1-5-19(17-11-13(2)10-14(3)12-17)15(4)16-6-8-18(20)9-7-16/h6-12,15,19H,5H2,1-4H3. The third-order valence-electron chi connectivity index (χ3n) is 4.11. The van der Waals surface area contributed by atoms with Crippen molar-refractivity contribution >= 4 is 0 Å². The van der Waals surface area contributed by atoms with Crippen LogP contribution >= 0.6 is 0 Å². The second-order valence-corrected chi connectivity index (χ2v) is 5.78. The van der Waals surface area contributed by atoms with Gasteiger partial charge in [0.25, 0.3) is 0 Å². The van der Waals surface area contributed by atoms with E-state index in [1.807, 2.05) is 12.1 Å². The van der Waals surface area contributed by atoms with Crippen LogP contribution in [0.2, 0.25) is 0 Å². The molecule has 0 fully saturated rings. The minimum absolute atomic E-state index is 0.166. The zero-order valence-electron chi connectivity index (χ0n) is 12.8. The van der Waals surface area contributed by atoms with Crippen LogP contribution in [0.4, 0.5) is 4.39 Å². The highest BCUT2D eigenvalue weighted by atomic mass is 19.1. The second kappa shape index (κ2) is 6.21. The Labute approximate surface area is 121 Å². The summed E-state index contributed by atoms with van der Waals surface area (Å²) in [4.78, 5) is 0. The van der Waals surface area contributed by atoms with Gasteiger partial charge >= 0.3 is 0 Å². The Morgan fingerprint density at radius 3 is 1.95 bits per heavy atom. The number of benzene rings is 2. The molecule has 0 saturated carbocycles. The van der Waals surface area contributed by atoms with Crippen LogP contribution in [0.25, 0.3) is 0 Å². The van der Waals surface area contributed by atoms with Crippen molar-refractivity contribution in [3.63, 3.8) is 0 Å². The molecule has 2 unspecified atom stereocenters. The van der Waals surface area contributed by atoms with Crippen molar-refractivity contribution in [1.29, 1.82) is 0 Å². The maximum absolute atomic E-state index is 13.1. The van der Waals surface area contributed by atoms with Crippen LogP contribution in [0.3, 0.4) is 0 Å². The van der Waals surface area contributed by atoms with Crippen molar-refractivity contribution in [2.45, 2.75) is 46.0 Å². The minimum atomic E-state index is -0.166. The lowest BCUT2D eigenvalue weighted by Gasteiger charge is -2.24. The van der Waals surface area contributed by atoms with Crippen molar-refractivity contribution in [2.24, 2.45) is 0 Å². The van der Waals surface area contributed by atoms with E-state index in [1.165, 1.54) is 22.3 Å². The molecule has 0 bridgehead atoms. The van der Waals surface area contributed by atoms with Crippen molar-refractivity contribution in [3.8, 4) is 0 Å². The first-order valence-electron chi connectivity index (χ1n) is 7.35. The van der Waals surface area contributed by atoms with Gasteiger partial charge in [0.2, 0.25) is 0 Å². The topological polar surface area (TPSA) is 0 Å². The number of aryl methyl sites for hydroxylation is 2. The van der Waals surface area contributed by atoms with E-state index in [9.17, 15) is 4.39 Å². The maximum Gasteiger partial charge on any atom is 0.123 e. The summed E-state index contributed by atoms with van der Waals surface area (Å²) in [5.74, 6) is 0.696. The van der Waals surface area contributed by atoms with E-state index in [-0.39, 0.29) is 5.82 Å². The highest BCUT2D eigenvalue weighted by Crippen LogP contribution is 2.36. The Kier molecular flexibility index (Phi) is 4.59. The lowest BCUT2D eigenvalue weighted by atomic mass is 9.80. The summed E-state index contributed by atoms with van der Waals surface area (Å²) in [6.45, 7) is 8.75. The van der Waals surface area contributed by atoms with Gasteiger partial charge in [-0.05, 0) is 55.4 Å². The quantitative estimate of drug-likeness (QED) is 0.664. The summed E-state index contributed by atoms with van der Waals surface area (Å²) in [5, 5.41) is 0. The van der Waals surface area contributed by atoms with Gasteiger partial charge in [0.15, 0.2) is 0 Å². The molecule has 0 aromatic heterocycles. The summed E-state index contributed by atoms with van der Waals surface area (Å²) in [5.41, 5.74) is 5.22. The van der Waals surface area contributed by atoms with E-state index in [2.05, 4.69) is 45.9 Å². The van der Waals surface area contributed by atoms with Gasteiger partial charge in [-0.3, -0.25) is 0 Å². The lowest BCUT2D eigenvalue weighted by Crippen LogP contribution is -2.08. The molecule has 0 nitrogen and oxygen atoms in total. The lowest BCUT2D eigenvalue weighted by molar-refractivity contribution is 0.556. The predicted molar refractivity (Wildman–Crippen MR) is 83.8 cm³/mol. The molecule has 2 aromatic carbocycles. The second-order valence-electron chi connectivity index (χ2n) is 5.78. The first-order valence-corrected chi connectivity index (χ1v) is 7.35. The van der Waals surface area contributed by atoms with Crippen LogP contribution in [0.15, 0.2) is 42.5 Å². The van der Waals surface area contributed by atoms with Gasteiger partial charge in [-0.1, -0.05) is 55.3 Å². The van der Waals surface area contributed by atoms with Crippen LogP contribution in [-0.2, 0) is 0 Å². The molecule has 0 aliphatic carbocycles. The van der Waals surface area contributed by atoms with E-state index < -0.39 is 0 Å². The van der Waals surface area contributed by atoms with Gasteiger partial charge in [0, 0.05) is 0 Å². The van der Waals surface area contributed by atoms with Crippen molar-refractivity contribution in [1.82, 2.24) is 0 Å². The molecule has 106 valence electrons. The number of halogens is 1. The molecule has 2 aromatic rings. The van der Waals surface area contributed by atoms with E-state index in [0.717, 1.165) is 6.42 Å². The Balaban J connectivity index is 2.33. The Morgan fingerprint density at radius 2 is 1.45 bits per heavy atom. The van der Waals surface area contributed by atoms with E-state index in [0.29, 0.717) is 11.8 Å². The van der Waals surface area contributed by atoms with Crippen LogP contribution in [0.5, 0.6) is 0 Å². The number of hydrogen-bond donors (Lipinski definition) is 0. The molecule has 20 heavy (non-hydrogen) atoms. The summed E-state index contributed by atoms with van der Waals surface area (Å²) in [7, 11) is 0. The van der Waals surface area contributed by atoms with Crippen molar-refractivity contribution < 1.29 is 4.39 Å². The van der Waals surface area contributed by atoms with Crippen LogP contribution < -0.4 is 0 Å². The Hall–Kier alpha value is -1.63. The van der Waals surface area contributed by atoms with E-state index in [1.54, 1.807) is 12.1 Å². The summed E-state index contributed by atoms with van der Waals surface area (Å²) in [6, 6.07) is 13.7. The third-order valence-corrected chi connectivity index (χ3v) is 4.11. The smallest absolute Gasteiger partial charge is 0.123 e. The third kappa shape index (κ3) is 3.27. The molecule has 2 atom stereocenters. The molecule has 0 spiro atoms. The zero-order valence-corrected chi connectivity index (χ0v) is 12.8. The molecule has 0 radical (unpaired) electrons. The molecule has 0 heterocycles. The number of rotatable bonds is 4. The Morgan fingerprint density at radius 1 is 0.900 bits per heavy atom. The molecule has 0 aliphatic rings. The molecule has 0 N–H and O–H groups in total. The molecular weight excluding hydrogens is 247 g/mol. The monoisotopic (exact) mass is 270 g/mol. The molecule has 0 amide bonds. The molecular formula is C19H23F. The average Bonchev–Trinajstić information content (AvgIpc) is 2.39. The Bertz CT molecular complexity index is 549.